The first-order chi connectivity index (χ1) is 9.34. The van der Waals surface area contributed by atoms with Crippen LogP contribution in [0.2, 0.25) is 0 Å². The van der Waals surface area contributed by atoms with Crippen LogP contribution in [-0.2, 0) is 4.75 Å². The van der Waals surface area contributed by atoms with E-state index in [0.29, 0.717) is 5.92 Å². The van der Waals surface area contributed by atoms with Crippen molar-refractivity contribution < 1.29 is 0 Å². The molecule has 1 unspecified atom stereocenters. The standard InChI is InChI=1S/C18H18S/c1-15-9-8-14-19-18(15,16-10-4-2-5-11-16)17-12-6-3-7-13-17/h2-13,15H,14H2,1H3. The molecule has 2 aromatic rings. The van der Waals surface area contributed by atoms with Crippen LogP contribution in [0.5, 0.6) is 0 Å². The monoisotopic (exact) mass is 266 g/mol. The predicted molar refractivity (Wildman–Crippen MR) is 84.4 cm³/mol. The van der Waals surface area contributed by atoms with Gasteiger partial charge in [-0.3, -0.25) is 0 Å². The van der Waals surface area contributed by atoms with Gasteiger partial charge in [0.1, 0.15) is 0 Å². The minimum atomic E-state index is 0.0528. The second-order valence-corrected chi connectivity index (χ2v) is 6.26. The highest BCUT2D eigenvalue weighted by Gasteiger charge is 2.40. The van der Waals surface area contributed by atoms with Crippen LogP contribution in [0.25, 0.3) is 0 Å². The summed E-state index contributed by atoms with van der Waals surface area (Å²) in [6, 6.07) is 21.8. The van der Waals surface area contributed by atoms with Gasteiger partial charge in [-0.1, -0.05) is 79.7 Å². The van der Waals surface area contributed by atoms with Gasteiger partial charge in [0.15, 0.2) is 0 Å². The Labute approximate surface area is 119 Å². The first-order valence-electron chi connectivity index (χ1n) is 6.76. The number of thioether (sulfide) groups is 1. The van der Waals surface area contributed by atoms with Crippen LogP contribution in [0.15, 0.2) is 72.8 Å². The summed E-state index contributed by atoms with van der Waals surface area (Å²) in [7, 11) is 0. The van der Waals surface area contributed by atoms with Crippen LogP contribution in [0, 0.1) is 5.92 Å². The highest BCUT2D eigenvalue weighted by Crippen LogP contribution is 2.51. The molecule has 0 nitrogen and oxygen atoms in total. The number of rotatable bonds is 2. The Hall–Kier alpha value is -1.47. The topological polar surface area (TPSA) is 0 Å². The van der Waals surface area contributed by atoms with Crippen LogP contribution in [0.3, 0.4) is 0 Å². The molecule has 1 heterocycles. The van der Waals surface area contributed by atoms with Crippen molar-refractivity contribution in [2.24, 2.45) is 5.92 Å². The zero-order valence-corrected chi connectivity index (χ0v) is 11.9. The summed E-state index contributed by atoms with van der Waals surface area (Å²) in [6.07, 6.45) is 4.65. The van der Waals surface area contributed by atoms with Gasteiger partial charge in [0.2, 0.25) is 0 Å². The Morgan fingerprint density at radius 2 is 1.42 bits per heavy atom. The minimum Gasteiger partial charge on any atom is -0.141 e. The summed E-state index contributed by atoms with van der Waals surface area (Å²) in [5.41, 5.74) is 2.81. The molecule has 96 valence electrons. The lowest BCUT2D eigenvalue weighted by atomic mass is 9.80. The maximum absolute atomic E-state index is 2.36. The molecule has 0 saturated carbocycles. The molecule has 3 rings (SSSR count). The van der Waals surface area contributed by atoms with Gasteiger partial charge in [0.25, 0.3) is 0 Å². The number of hydrogen-bond donors (Lipinski definition) is 0. The molecule has 1 aliphatic rings. The van der Waals surface area contributed by atoms with Gasteiger partial charge in [0.05, 0.1) is 4.75 Å². The van der Waals surface area contributed by atoms with Crippen LogP contribution in [0.4, 0.5) is 0 Å². The molecule has 0 spiro atoms. The number of hydrogen-bond acceptors (Lipinski definition) is 1. The van der Waals surface area contributed by atoms with Gasteiger partial charge in [-0.2, -0.15) is 0 Å². The Bertz CT molecular complexity index is 517. The van der Waals surface area contributed by atoms with Crippen molar-refractivity contribution in [2.75, 3.05) is 5.75 Å². The third-order valence-corrected chi connectivity index (χ3v) is 5.54. The van der Waals surface area contributed by atoms with Crippen molar-refractivity contribution in [2.45, 2.75) is 11.7 Å². The molecular weight excluding hydrogens is 248 g/mol. The summed E-state index contributed by atoms with van der Waals surface area (Å²) in [5, 5.41) is 0. The third-order valence-electron chi connectivity index (χ3n) is 3.88. The Balaban J connectivity index is 2.19. The molecule has 1 heteroatoms. The van der Waals surface area contributed by atoms with Crippen molar-refractivity contribution in [3.63, 3.8) is 0 Å². The molecule has 0 fully saturated rings. The van der Waals surface area contributed by atoms with E-state index in [4.69, 9.17) is 0 Å². The molecule has 19 heavy (non-hydrogen) atoms. The van der Waals surface area contributed by atoms with E-state index in [1.165, 1.54) is 11.1 Å². The van der Waals surface area contributed by atoms with Crippen molar-refractivity contribution >= 4 is 11.8 Å². The Morgan fingerprint density at radius 3 is 1.89 bits per heavy atom. The van der Waals surface area contributed by atoms with E-state index in [1.54, 1.807) is 0 Å². The van der Waals surface area contributed by atoms with Crippen LogP contribution in [-0.4, -0.2) is 5.75 Å². The van der Waals surface area contributed by atoms with Crippen molar-refractivity contribution in [1.29, 1.82) is 0 Å². The van der Waals surface area contributed by atoms with Crippen molar-refractivity contribution in [3.8, 4) is 0 Å². The summed E-state index contributed by atoms with van der Waals surface area (Å²) in [6.45, 7) is 2.32. The summed E-state index contributed by atoms with van der Waals surface area (Å²) in [4.78, 5) is 0. The maximum Gasteiger partial charge on any atom is 0.0719 e. The zero-order chi connectivity index (χ0) is 13.1. The summed E-state index contributed by atoms with van der Waals surface area (Å²) >= 11 is 2.04. The molecule has 1 atom stereocenters. The van der Waals surface area contributed by atoms with Gasteiger partial charge >= 0.3 is 0 Å². The number of benzene rings is 2. The van der Waals surface area contributed by atoms with E-state index >= 15 is 0 Å². The molecular formula is C18H18S. The average Bonchev–Trinajstić information content (AvgIpc) is 2.50. The minimum absolute atomic E-state index is 0.0528. The highest BCUT2D eigenvalue weighted by molar-refractivity contribution is 8.00. The molecule has 0 aromatic heterocycles. The molecule has 0 saturated heterocycles. The molecule has 0 aliphatic carbocycles. The smallest absolute Gasteiger partial charge is 0.0719 e. The second-order valence-electron chi connectivity index (χ2n) is 5.00. The van der Waals surface area contributed by atoms with E-state index in [9.17, 15) is 0 Å². The fourth-order valence-electron chi connectivity index (χ4n) is 2.94. The lowest BCUT2D eigenvalue weighted by Crippen LogP contribution is -2.32. The molecule has 0 amide bonds. The van der Waals surface area contributed by atoms with Crippen molar-refractivity contribution in [1.82, 2.24) is 0 Å². The highest BCUT2D eigenvalue weighted by atomic mass is 32.2. The first-order valence-corrected chi connectivity index (χ1v) is 7.74. The largest absolute Gasteiger partial charge is 0.141 e. The fourth-order valence-corrected chi connectivity index (χ4v) is 4.35. The van der Waals surface area contributed by atoms with Crippen LogP contribution in [0.1, 0.15) is 18.1 Å². The van der Waals surface area contributed by atoms with E-state index in [2.05, 4.69) is 79.7 Å². The lowest BCUT2D eigenvalue weighted by Gasteiger charge is -2.40. The second kappa shape index (κ2) is 5.26. The summed E-state index contributed by atoms with van der Waals surface area (Å²) in [5.74, 6) is 1.57. The molecule has 0 bridgehead atoms. The number of allylic oxidation sites excluding steroid dienone is 1. The SMILES string of the molecule is CC1C=CCSC1(c1ccccc1)c1ccccc1. The van der Waals surface area contributed by atoms with E-state index < -0.39 is 0 Å². The van der Waals surface area contributed by atoms with Gasteiger partial charge < -0.3 is 0 Å². The van der Waals surface area contributed by atoms with Crippen LogP contribution >= 0.6 is 11.8 Å². The van der Waals surface area contributed by atoms with Gasteiger partial charge in [0, 0.05) is 5.75 Å². The van der Waals surface area contributed by atoms with Crippen LogP contribution < -0.4 is 0 Å². The predicted octanol–water partition coefficient (Wildman–Crippen LogP) is 4.87. The van der Waals surface area contributed by atoms with E-state index in [0.717, 1.165) is 5.75 Å². The molecule has 0 N–H and O–H groups in total. The van der Waals surface area contributed by atoms with Gasteiger partial charge in [-0.25, -0.2) is 0 Å². The fraction of sp³-hybridized carbons (Fsp3) is 0.222. The molecule has 2 aromatic carbocycles. The average molecular weight is 266 g/mol. The first kappa shape index (κ1) is 12.6. The Kier molecular flexibility index (Phi) is 3.48. The summed E-state index contributed by atoms with van der Waals surface area (Å²) < 4.78 is 0.0528. The third kappa shape index (κ3) is 2.12. The maximum atomic E-state index is 2.36. The van der Waals surface area contributed by atoms with E-state index in [-0.39, 0.29) is 4.75 Å². The Morgan fingerprint density at radius 1 is 0.895 bits per heavy atom. The lowest BCUT2D eigenvalue weighted by molar-refractivity contribution is 0.566. The normalized spacial score (nSPS) is 21.2. The van der Waals surface area contributed by atoms with E-state index in [1.807, 2.05) is 11.8 Å². The molecule has 1 aliphatic heterocycles. The quantitative estimate of drug-likeness (QED) is 0.699. The zero-order valence-electron chi connectivity index (χ0n) is 11.1. The van der Waals surface area contributed by atoms with Crippen molar-refractivity contribution in [3.05, 3.63) is 83.9 Å². The van der Waals surface area contributed by atoms with Gasteiger partial charge in [-0.15, -0.1) is 11.8 Å². The molecule has 0 radical (unpaired) electrons. The van der Waals surface area contributed by atoms with Gasteiger partial charge in [-0.05, 0) is 17.0 Å².